The minimum absolute atomic E-state index is 0.196. The second-order valence-electron chi connectivity index (χ2n) is 4.64. The Kier molecular flexibility index (Phi) is 6.37. The summed E-state index contributed by atoms with van der Waals surface area (Å²) in [6.45, 7) is 5.63. The summed E-state index contributed by atoms with van der Waals surface area (Å²) in [5.74, 6) is 1.36. The van der Waals surface area contributed by atoms with Crippen LogP contribution in [-0.4, -0.2) is 29.1 Å². The Morgan fingerprint density at radius 3 is 2.84 bits per heavy atom. The van der Waals surface area contributed by atoms with Crippen LogP contribution in [0.15, 0.2) is 21.9 Å². The molecule has 0 aromatic carbocycles. The van der Waals surface area contributed by atoms with Crippen molar-refractivity contribution >= 4 is 39.2 Å². The summed E-state index contributed by atoms with van der Waals surface area (Å²) in [7, 11) is 0. The summed E-state index contributed by atoms with van der Waals surface area (Å²) in [4.78, 5) is 6.38. The smallest absolute Gasteiger partial charge is 0.147 e. The van der Waals surface area contributed by atoms with Crippen LogP contribution >= 0.6 is 27.5 Å². The molecule has 106 valence electrons. The van der Waals surface area contributed by atoms with Crippen LogP contribution in [0.2, 0.25) is 5.02 Å². The second-order valence-corrected chi connectivity index (χ2v) is 5.96. The van der Waals surface area contributed by atoms with Gasteiger partial charge in [-0.1, -0.05) is 30.6 Å². The van der Waals surface area contributed by atoms with Crippen molar-refractivity contribution in [3.8, 4) is 0 Å². The van der Waals surface area contributed by atoms with E-state index >= 15 is 0 Å². The largest absolute Gasteiger partial charge is 0.409 e. The summed E-state index contributed by atoms with van der Waals surface area (Å²) in [6, 6.07) is 1.81. The van der Waals surface area contributed by atoms with Crippen LogP contribution in [0.25, 0.3) is 0 Å². The maximum absolute atomic E-state index is 8.59. The van der Waals surface area contributed by atoms with E-state index in [-0.39, 0.29) is 5.84 Å². The lowest BCUT2D eigenvalue weighted by molar-refractivity contribution is 0.317. The Hall–Kier alpha value is -1.01. The molecule has 19 heavy (non-hydrogen) atoms. The van der Waals surface area contributed by atoms with Crippen molar-refractivity contribution in [3.63, 3.8) is 0 Å². The first-order valence-corrected chi connectivity index (χ1v) is 7.13. The quantitative estimate of drug-likeness (QED) is 0.358. The van der Waals surface area contributed by atoms with E-state index in [4.69, 9.17) is 22.5 Å². The van der Waals surface area contributed by atoms with Crippen LogP contribution < -0.4 is 10.6 Å². The van der Waals surface area contributed by atoms with Crippen LogP contribution in [0.5, 0.6) is 0 Å². The summed E-state index contributed by atoms with van der Waals surface area (Å²) in [5.41, 5.74) is 5.50. The monoisotopic (exact) mass is 348 g/mol. The van der Waals surface area contributed by atoms with Gasteiger partial charge < -0.3 is 15.8 Å². The number of amidine groups is 1. The van der Waals surface area contributed by atoms with Crippen molar-refractivity contribution in [2.45, 2.75) is 20.3 Å². The third-order valence-electron chi connectivity index (χ3n) is 2.44. The van der Waals surface area contributed by atoms with Gasteiger partial charge in [0.15, 0.2) is 0 Å². The zero-order valence-corrected chi connectivity index (χ0v) is 13.3. The van der Waals surface area contributed by atoms with Gasteiger partial charge in [0.05, 0.1) is 5.02 Å². The van der Waals surface area contributed by atoms with E-state index in [0.717, 1.165) is 11.0 Å². The molecule has 1 rings (SSSR count). The highest BCUT2D eigenvalue weighted by Gasteiger charge is 2.14. The molecule has 7 heteroatoms. The molecule has 0 unspecified atom stereocenters. The number of anilines is 1. The van der Waals surface area contributed by atoms with E-state index in [9.17, 15) is 0 Å². The third kappa shape index (κ3) is 5.24. The van der Waals surface area contributed by atoms with Gasteiger partial charge in [-0.25, -0.2) is 4.98 Å². The van der Waals surface area contributed by atoms with Crippen molar-refractivity contribution in [3.05, 3.63) is 21.8 Å². The number of aromatic nitrogens is 1. The number of nitrogens with two attached hydrogens (primary N) is 1. The first-order chi connectivity index (χ1) is 8.93. The molecular formula is C12H18BrClN4O. The van der Waals surface area contributed by atoms with E-state index in [2.05, 4.69) is 39.9 Å². The molecule has 5 nitrogen and oxygen atoms in total. The Morgan fingerprint density at radius 1 is 1.63 bits per heavy atom. The lowest BCUT2D eigenvalue weighted by Gasteiger charge is -2.26. The Morgan fingerprint density at radius 2 is 2.32 bits per heavy atom. The first kappa shape index (κ1) is 16.0. The fourth-order valence-corrected chi connectivity index (χ4v) is 2.41. The number of hydrogen-bond donors (Lipinski definition) is 2. The lowest BCUT2D eigenvalue weighted by Crippen LogP contribution is -2.32. The molecule has 0 atom stereocenters. The first-order valence-electron chi connectivity index (χ1n) is 5.96. The predicted octanol–water partition coefficient (Wildman–Crippen LogP) is 3.10. The Labute approximate surface area is 126 Å². The van der Waals surface area contributed by atoms with Gasteiger partial charge in [0.1, 0.15) is 11.7 Å². The van der Waals surface area contributed by atoms with Crippen LogP contribution in [-0.2, 0) is 0 Å². The molecule has 0 bridgehead atoms. The Bertz CT molecular complexity index is 453. The minimum Gasteiger partial charge on any atom is -0.409 e. The summed E-state index contributed by atoms with van der Waals surface area (Å²) >= 11 is 9.54. The topological polar surface area (TPSA) is 74.7 Å². The fraction of sp³-hybridized carbons (Fsp3) is 0.500. The molecule has 1 aromatic rings. The molecule has 1 heterocycles. The number of halogens is 2. The maximum atomic E-state index is 8.59. The third-order valence-corrected chi connectivity index (χ3v) is 3.15. The van der Waals surface area contributed by atoms with E-state index in [0.29, 0.717) is 29.7 Å². The van der Waals surface area contributed by atoms with Gasteiger partial charge in [-0.2, -0.15) is 0 Å². The van der Waals surface area contributed by atoms with Gasteiger partial charge >= 0.3 is 0 Å². The molecular weight excluding hydrogens is 332 g/mol. The molecule has 0 radical (unpaired) electrons. The van der Waals surface area contributed by atoms with Crippen molar-refractivity contribution in [1.82, 2.24) is 4.98 Å². The van der Waals surface area contributed by atoms with Gasteiger partial charge in [-0.3, -0.25) is 0 Å². The standard InChI is InChI=1S/C12H18BrClN4O/c1-8(2)7-18(4-3-11(15)17-19)12-10(14)5-9(13)6-16-12/h5-6,8,19H,3-4,7H2,1-2H3,(H2,15,17). The predicted molar refractivity (Wildman–Crippen MR) is 82.0 cm³/mol. The number of nitrogens with zero attached hydrogens (tertiary/aromatic N) is 3. The minimum atomic E-state index is 0.196. The zero-order valence-electron chi connectivity index (χ0n) is 11.0. The lowest BCUT2D eigenvalue weighted by atomic mass is 10.2. The molecule has 0 saturated heterocycles. The van der Waals surface area contributed by atoms with Gasteiger partial charge in [0.25, 0.3) is 0 Å². The highest BCUT2D eigenvalue weighted by atomic mass is 79.9. The average molecular weight is 350 g/mol. The maximum Gasteiger partial charge on any atom is 0.147 e. The van der Waals surface area contributed by atoms with Crippen LogP contribution in [0.1, 0.15) is 20.3 Å². The van der Waals surface area contributed by atoms with Gasteiger partial charge in [-0.05, 0) is 27.9 Å². The normalized spacial score (nSPS) is 11.9. The van der Waals surface area contributed by atoms with E-state index in [1.165, 1.54) is 0 Å². The number of oxime groups is 1. The molecule has 0 amide bonds. The summed E-state index contributed by atoms with van der Waals surface area (Å²) in [6.07, 6.45) is 2.16. The van der Waals surface area contributed by atoms with Gasteiger partial charge in [0, 0.05) is 30.2 Å². The molecule has 0 aliphatic carbocycles. The second kappa shape index (κ2) is 7.55. The fourth-order valence-electron chi connectivity index (χ4n) is 1.66. The van der Waals surface area contributed by atoms with Crippen LogP contribution in [0.3, 0.4) is 0 Å². The molecule has 0 saturated carbocycles. The van der Waals surface area contributed by atoms with E-state index in [1.807, 2.05) is 4.90 Å². The van der Waals surface area contributed by atoms with Crippen molar-refractivity contribution in [2.24, 2.45) is 16.8 Å². The highest BCUT2D eigenvalue weighted by Crippen LogP contribution is 2.26. The SMILES string of the molecule is CC(C)CN(CCC(N)=NO)c1ncc(Br)cc1Cl. The summed E-state index contributed by atoms with van der Waals surface area (Å²) < 4.78 is 0.835. The zero-order chi connectivity index (χ0) is 14.4. The van der Waals surface area contributed by atoms with Gasteiger partial charge in [0.2, 0.25) is 0 Å². The number of hydrogen-bond acceptors (Lipinski definition) is 4. The van der Waals surface area contributed by atoms with Crippen molar-refractivity contribution < 1.29 is 5.21 Å². The molecule has 3 N–H and O–H groups in total. The van der Waals surface area contributed by atoms with Crippen molar-refractivity contribution in [2.75, 3.05) is 18.0 Å². The number of pyridine rings is 1. The number of rotatable bonds is 6. The van der Waals surface area contributed by atoms with Gasteiger partial charge in [-0.15, -0.1) is 0 Å². The van der Waals surface area contributed by atoms with Crippen LogP contribution in [0.4, 0.5) is 5.82 Å². The molecule has 0 spiro atoms. The van der Waals surface area contributed by atoms with Crippen LogP contribution in [0, 0.1) is 5.92 Å². The summed E-state index contributed by atoms with van der Waals surface area (Å²) in [5, 5.41) is 12.1. The van der Waals surface area contributed by atoms with E-state index < -0.39 is 0 Å². The molecule has 1 aromatic heterocycles. The van der Waals surface area contributed by atoms with Crippen molar-refractivity contribution in [1.29, 1.82) is 0 Å². The average Bonchev–Trinajstić information content (AvgIpc) is 2.34. The molecule has 0 fully saturated rings. The molecule has 0 aliphatic rings. The molecule has 0 aliphatic heterocycles. The highest BCUT2D eigenvalue weighted by molar-refractivity contribution is 9.10. The Balaban J connectivity index is 2.89. The van der Waals surface area contributed by atoms with E-state index in [1.54, 1.807) is 12.3 Å².